The zero-order valence-corrected chi connectivity index (χ0v) is 13.6. The molecule has 2 heterocycles. The molecule has 2 aliphatic rings. The molecule has 0 bridgehead atoms. The topological polar surface area (TPSA) is 15.3 Å². The predicted octanol–water partition coefficient (Wildman–Crippen LogP) is 3.76. The van der Waals surface area contributed by atoms with Gasteiger partial charge in [0.2, 0.25) is 0 Å². The molecule has 110 valence electrons. The molecule has 3 rings (SSSR count). The Labute approximate surface area is 127 Å². The molecule has 0 unspecified atom stereocenters. The molecule has 1 fully saturated rings. The minimum Gasteiger partial charge on any atom is -0.385 e. The van der Waals surface area contributed by atoms with Crippen LogP contribution in [0.3, 0.4) is 0 Å². The minimum absolute atomic E-state index is 0.453. The number of hydrogen-bond donors (Lipinski definition) is 1. The quantitative estimate of drug-likeness (QED) is 0.893. The Morgan fingerprint density at radius 1 is 1.30 bits per heavy atom. The zero-order valence-electron chi connectivity index (χ0n) is 12.7. The van der Waals surface area contributed by atoms with Crippen molar-refractivity contribution in [3.05, 3.63) is 29.3 Å². The van der Waals surface area contributed by atoms with Gasteiger partial charge in [0.25, 0.3) is 0 Å². The van der Waals surface area contributed by atoms with E-state index in [0.29, 0.717) is 4.75 Å². The van der Waals surface area contributed by atoms with Crippen LogP contribution in [0.1, 0.15) is 37.8 Å². The average Bonchev–Trinajstić information content (AvgIpc) is 2.60. The molecular weight excluding hydrogens is 264 g/mol. The van der Waals surface area contributed by atoms with Gasteiger partial charge in [-0.15, -0.1) is 0 Å². The van der Waals surface area contributed by atoms with E-state index in [1.54, 1.807) is 0 Å². The van der Waals surface area contributed by atoms with Gasteiger partial charge >= 0.3 is 0 Å². The number of nitrogens with zero attached hydrogens (tertiary/aromatic N) is 1. The second-order valence-corrected chi connectivity index (χ2v) is 8.46. The molecule has 0 atom stereocenters. The van der Waals surface area contributed by atoms with Gasteiger partial charge in [-0.1, -0.05) is 26.0 Å². The lowest BCUT2D eigenvalue weighted by Crippen LogP contribution is -2.27. The van der Waals surface area contributed by atoms with Gasteiger partial charge in [-0.25, -0.2) is 0 Å². The summed E-state index contributed by atoms with van der Waals surface area (Å²) in [5, 5.41) is 3.50. The third-order valence-corrected chi connectivity index (χ3v) is 5.82. The maximum atomic E-state index is 3.50. The van der Waals surface area contributed by atoms with Crippen LogP contribution < -0.4 is 5.32 Å². The Balaban J connectivity index is 1.65. The van der Waals surface area contributed by atoms with Crippen LogP contribution in [0.25, 0.3) is 0 Å². The van der Waals surface area contributed by atoms with Gasteiger partial charge in [0, 0.05) is 35.8 Å². The summed E-state index contributed by atoms with van der Waals surface area (Å²) in [5.74, 6) is 1.26. The van der Waals surface area contributed by atoms with Gasteiger partial charge in [0.05, 0.1) is 0 Å². The van der Waals surface area contributed by atoms with E-state index in [1.165, 1.54) is 54.9 Å². The van der Waals surface area contributed by atoms with Gasteiger partial charge in [-0.3, -0.25) is 4.90 Å². The summed E-state index contributed by atoms with van der Waals surface area (Å²) in [6.45, 7) is 9.46. The highest BCUT2D eigenvalue weighted by molar-refractivity contribution is 8.00. The van der Waals surface area contributed by atoms with E-state index in [1.807, 2.05) is 0 Å². The molecule has 1 aromatic rings. The largest absolute Gasteiger partial charge is 0.385 e. The van der Waals surface area contributed by atoms with Crippen molar-refractivity contribution in [2.45, 2.75) is 44.4 Å². The van der Waals surface area contributed by atoms with Crippen molar-refractivity contribution in [1.29, 1.82) is 0 Å². The molecule has 1 aromatic carbocycles. The van der Waals surface area contributed by atoms with Gasteiger partial charge in [-0.2, -0.15) is 11.8 Å². The SMILES string of the molecule is CC1(C)CCN(Cc2ccc3c(c2)CCCN3)CCS1. The first kappa shape index (κ1) is 14.3. The zero-order chi connectivity index (χ0) is 14.0. The van der Waals surface area contributed by atoms with E-state index in [9.17, 15) is 0 Å². The Morgan fingerprint density at radius 2 is 2.20 bits per heavy atom. The molecule has 20 heavy (non-hydrogen) atoms. The summed E-state index contributed by atoms with van der Waals surface area (Å²) in [6.07, 6.45) is 3.80. The molecule has 1 N–H and O–H groups in total. The molecule has 3 heteroatoms. The first-order chi connectivity index (χ1) is 9.62. The van der Waals surface area contributed by atoms with Gasteiger partial charge < -0.3 is 5.32 Å². The molecular formula is C17H26N2S. The maximum absolute atomic E-state index is 3.50. The lowest BCUT2D eigenvalue weighted by atomic mass is 10.0. The molecule has 2 nitrogen and oxygen atoms in total. The highest BCUT2D eigenvalue weighted by Gasteiger charge is 2.23. The van der Waals surface area contributed by atoms with Gasteiger partial charge in [0.15, 0.2) is 0 Å². The van der Waals surface area contributed by atoms with E-state index in [4.69, 9.17) is 0 Å². The third-order valence-electron chi connectivity index (χ3n) is 4.44. The van der Waals surface area contributed by atoms with E-state index >= 15 is 0 Å². The van der Waals surface area contributed by atoms with Crippen molar-refractivity contribution in [2.75, 3.05) is 30.7 Å². The number of aryl methyl sites for hydroxylation is 1. The van der Waals surface area contributed by atoms with Crippen molar-refractivity contribution in [3.8, 4) is 0 Å². The van der Waals surface area contributed by atoms with E-state index in [-0.39, 0.29) is 0 Å². The lowest BCUT2D eigenvalue weighted by Gasteiger charge is -2.24. The fraction of sp³-hybridized carbons (Fsp3) is 0.647. The summed E-state index contributed by atoms with van der Waals surface area (Å²) >= 11 is 2.13. The van der Waals surface area contributed by atoms with Crippen molar-refractivity contribution < 1.29 is 0 Å². The summed E-state index contributed by atoms with van der Waals surface area (Å²) in [5.41, 5.74) is 4.35. The Hall–Kier alpha value is -0.670. The van der Waals surface area contributed by atoms with E-state index < -0.39 is 0 Å². The number of benzene rings is 1. The van der Waals surface area contributed by atoms with E-state index in [0.717, 1.165) is 13.1 Å². The van der Waals surface area contributed by atoms with Gasteiger partial charge in [0.1, 0.15) is 0 Å². The van der Waals surface area contributed by atoms with E-state index in [2.05, 4.69) is 54.0 Å². The maximum Gasteiger partial charge on any atom is 0.0372 e. The smallest absolute Gasteiger partial charge is 0.0372 e. The third kappa shape index (κ3) is 3.50. The molecule has 0 aromatic heterocycles. The van der Waals surface area contributed by atoms with Gasteiger partial charge in [-0.05, 0) is 43.0 Å². The van der Waals surface area contributed by atoms with Crippen molar-refractivity contribution >= 4 is 17.4 Å². The standard InChI is InChI=1S/C17H26N2S/c1-17(2)7-9-19(10-11-20-17)13-14-5-6-16-15(12-14)4-3-8-18-16/h5-6,12,18H,3-4,7-11,13H2,1-2H3. The number of rotatable bonds is 2. The molecule has 0 aliphatic carbocycles. The second kappa shape index (κ2) is 5.98. The van der Waals surface area contributed by atoms with Crippen LogP contribution in [0.15, 0.2) is 18.2 Å². The van der Waals surface area contributed by atoms with Crippen LogP contribution in [-0.2, 0) is 13.0 Å². The fourth-order valence-corrected chi connectivity index (χ4v) is 4.24. The van der Waals surface area contributed by atoms with Crippen LogP contribution in [0, 0.1) is 0 Å². The minimum atomic E-state index is 0.453. The second-order valence-electron chi connectivity index (χ2n) is 6.66. The molecule has 2 aliphatic heterocycles. The Morgan fingerprint density at radius 3 is 3.10 bits per heavy atom. The van der Waals surface area contributed by atoms with Crippen molar-refractivity contribution in [1.82, 2.24) is 4.90 Å². The van der Waals surface area contributed by atoms with Crippen LogP contribution in [0.5, 0.6) is 0 Å². The number of fused-ring (bicyclic) bond motifs is 1. The number of thioether (sulfide) groups is 1. The monoisotopic (exact) mass is 290 g/mol. The van der Waals surface area contributed by atoms with Crippen LogP contribution in [0.2, 0.25) is 0 Å². The van der Waals surface area contributed by atoms with Crippen LogP contribution in [0.4, 0.5) is 5.69 Å². The van der Waals surface area contributed by atoms with Crippen LogP contribution >= 0.6 is 11.8 Å². The average molecular weight is 290 g/mol. The number of nitrogens with one attached hydrogen (secondary N) is 1. The summed E-state index contributed by atoms with van der Waals surface area (Å²) in [6, 6.07) is 7.01. The highest BCUT2D eigenvalue weighted by Crippen LogP contribution is 2.31. The van der Waals surface area contributed by atoms with Crippen molar-refractivity contribution in [3.63, 3.8) is 0 Å². The lowest BCUT2D eigenvalue weighted by molar-refractivity contribution is 0.276. The molecule has 0 spiro atoms. The summed E-state index contributed by atoms with van der Waals surface area (Å²) in [4.78, 5) is 2.62. The first-order valence-corrected chi connectivity index (χ1v) is 8.83. The van der Waals surface area contributed by atoms with Crippen LogP contribution in [-0.4, -0.2) is 35.0 Å². The predicted molar refractivity (Wildman–Crippen MR) is 89.7 cm³/mol. The Bertz CT molecular complexity index is 470. The highest BCUT2D eigenvalue weighted by atomic mass is 32.2. The van der Waals surface area contributed by atoms with Crippen molar-refractivity contribution in [2.24, 2.45) is 0 Å². The fourth-order valence-electron chi connectivity index (χ4n) is 3.11. The molecule has 0 amide bonds. The number of anilines is 1. The summed E-state index contributed by atoms with van der Waals surface area (Å²) in [7, 11) is 0. The molecule has 0 radical (unpaired) electrons. The normalized spacial score (nSPS) is 22.7. The number of hydrogen-bond acceptors (Lipinski definition) is 3. The molecule has 1 saturated heterocycles. The Kier molecular flexibility index (Phi) is 4.27. The first-order valence-electron chi connectivity index (χ1n) is 7.84. The summed E-state index contributed by atoms with van der Waals surface area (Å²) < 4.78 is 0.453. The molecule has 0 saturated carbocycles.